The number of benzene rings is 2. The summed E-state index contributed by atoms with van der Waals surface area (Å²) in [6.45, 7) is 0. The van der Waals surface area contributed by atoms with Crippen LogP contribution in [-0.4, -0.2) is 19.3 Å². The zero-order chi connectivity index (χ0) is 14.5. The predicted molar refractivity (Wildman–Crippen MR) is 82.9 cm³/mol. The van der Waals surface area contributed by atoms with Gasteiger partial charge < -0.3 is 4.74 Å². The van der Waals surface area contributed by atoms with Crippen molar-refractivity contribution in [2.75, 3.05) is 13.4 Å². The molecule has 1 atom stereocenters. The first-order valence-electron chi connectivity index (χ1n) is 5.93. The lowest BCUT2D eigenvalue weighted by Gasteiger charge is -2.08. The van der Waals surface area contributed by atoms with E-state index in [1.165, 1.54) is 7.11 Å². The predicted octanol–water partition coefficient (Wildman–Crippen LogP) is 4.25. The van der Waals surface area contributed by atoms with E-state index in [-0.39, 0.29) is 0 Å². The number of rotatable bonds is 3. The van der Waals surface area contributed by atoms with Gasteiger partial charge in [-0.3, -0.25) is 0 Å². The van der Waals surface area contributed by atoms with Crippen LogP contribution in [0.25, 0.3) is 0 Å². The van der Waals surface area contributed by atoms with Crippen molar-refractivity contribution in [1.29, 1.82) is 0 Å². The second-order valence-corrected chi connectivity index (χ2v) is 6.03. The first-order valence-corrected chi connectivity index (χ1v) is 7.90. The average molecular weight is 308 g/mol. The Bertz CT molecular complexity index is 656. The molecule has 0 N–H and O–H groups in total. The third-order valence-corrected chi connectivity index (χ3v) is 4.42. The van der Waals surface area contributed by atoms with Gasteiger partial charge >= 0.3 is 5.97 Å². The van der Waals surface area contributed by atoms with Gasteiger partial charge in [0.15, 0.2) is 0 Å². The van der Waals surface area contributed by atoms with Gasteiger partial charge in [-0.25, -0.2) is 9.16 Å². The summed E-state index contributed by atoms with van der Waals surface area (Å²) in [6.07, 6.45) is 1.99. The van der Waals surface area contributed by atoms with Crippen molar-refractivity contribution in [2.45, 2.75) is 4.90 Å². The van der Waals surface area contributed by atoms with Gasteiger partial charge in [-0.15, -0.1) is 0 Å². The number of methoxy groups -OCH3 is 1. The number of halogens is 1. The van der Waals surface area contributed by atoms with Crippen molar-refractivity contribution in [2.24, 2.45) is 4.36 Å². The number of carbonyl (C=O) groups is 1. The minimum absolute atomic E-state index is 0.385. The summed E-state index contributed by atoms with van der Waals surface area (Å²) in [6, 6.07) is 15.0. The minimum Gasteiger partial charge on any atom is -0.465 e. The molecule has 0 saturated heterocycles. The molecule has 0 amide bonds. The van der Waals surface area contributed by atoms with Crippen LogP contribution in [0.15, 0.2) is 57.8 Å². The summed E-state index contributed by atoms with van der Waals surface area (Å²) in [5, 5.41) is 0.447. The summed E-state index contributed by atoms with van der Waals surface area (Å²) in [5.74, 6) is -0.434. The van der Waals surface area contributed by atoms with Crippen molar-refractivity contribution in [3.63, 3.8) is 0 Å². The van der Waals surface area contributed by atoms with Crippen molar-refractivity contribution >= 4 is 33.9 Å². The van der Waals surface area contributed by atoms with Gasteiger partial charge in [-0.1, -0.05) is 46.6 Å². The van der Waals surface area contributed by atoms with Crippen LogP contribution in [-0.2, 0) is 15.4 Å². The summed E-state index contributed by atoms with van der Waals surface area (Å²) < 4.78 is 9.36. The zero-order valence-corrected chi connectivity index (χ0v) is 12.7. The molecule has 0 saturated carbocycles. The van der Waals surface area contributed by atoms with Gasteiger partial charge in [0.25, 0.3) is 0 Å². The van der Waals surface area contributed by atoms with Crippen molar-refractivity contribution in [1.82, 2.24) is 0 Å². The summed E-state index contributed by atoms with van der Waals surface area (Å²) in [4.78, 5) is 12.9. The van der Waals surface area contributed by atoms with Crippen LogP contribution in [0.3, 0.4) is 0 Å². The molecule has 2 aromatic rings. The van der Waals surface area contributed by atoms with E-state index >= 15 is 0 Å². The maximum atomic E-state index is 11.8. The average Bonchev–Trinajstić information content (AvgIpc) is 2.49. The molecule has 2 aromatic carbocycles. The van der Waals surface area contributed by atoms with Crippen LogP contribution in [0.4, 0.5) is 5.69 Å². The number of carbonyl (C=O) groups excluding carboxylic acids is 1. The van der Waals surface area contributed by atoms with Crippen LogP contribution < -0.4 is 0 Å². The Kier molecular flexibility index (Phi) is 4.93. The lowest BCUT2D eigenvalue weighted by atomic mass is 10.2. The van der Waals surface area contributed by atoms with E-state index in [1.54, 1.807) is 18.2 Å². The van der Waals surface area contributed by atoms with E-state index in [1.807, 2.05) is 36.6 Å². The Labute approximate surface area is 125 Å². The number of ether oxygens (including phenoxy) is 1. The fraction of sp³-hybridized carbons (Fsp3) is 0.133. The molecule has 0 aliphatic carbocycles. The largest absolute Gasteiger partial charge is 0.465 e. The van der Waals surface area contributed by atoms with Crippen LogP contribution in [0.1, 0.15) is 10.4 Å². The van der Waals surface area contributed by atoms with Gasteiger partial charge in [0.1, 0.15) is 5.69 Å². The highest BCUT2D eigenvalue weighted by atomic mass is 35.5. The lowest BCUT2D eigenvalue weighted by Crippen LogP contribution is -2.02. The maximum Gasteiger partial charge on any atom is 0.340 e. The van der Waals surface area contributed by atoms with E-state index in [0.29, 0.717) is 16.3 Å². The topological polar surface area (TPSA) is 38.7 Å². The van der Waals surface area contributed by atoms with E-state index in [0.717, 1.165) is 4.90 Å². The van der Waals surface area contributed by atoms with E-state index in [2.05, 4.69) is 4.36 Å². The van der Waals surface area contributed by atoms with E-state index < -0.39 is 16.7 Å². The SMILES string of the molecule is COC(=O)c1cccc(Cl)c1N=S(C)c1ccccc1. The highest BCUT2D eigenvalue weighted by molar-refractivity contribution is 7.86. The van der Waals surface area contributed by atoms with Gasteiger partial charge in [0.2, 0.25) is 0 Å². The quantitative estimate of drug-likeness (QED) is 0.795. The first-order chi connectivity index (χ1) is 9.63. The molecule has 20 heavy (non-hydrogen) atoms. The molecule has 0 bridgehead atoms. The van der Waals surface area contributed by atoms with E-state index in [9.17, 15) is 4.79 Å². The van der Waals surface area contributed by atoms with Crippen molar-refractivity contribution in [3.05, 3.63) is 59.1 Å². The zero-order valence-electron chi connectivity index (χ0n) is 11.2. The Morgan fingerprint density at radius 3 is 2.50 bits per heavy atom. The monoisotopic (exact) mass is 307 g/mol. The lowest BCUT2D eigenvalue weighted by molar-refractivity contribution is 0.0602. The molecule has 0 heterocycles. The second kappa shape index (κ2) is 6.68. The standard InChI is InChI=1S/C15H14ClNO2S/c1-19-15(18)12-9-6-10-13(16)14(12)17-20(2)11-7-4-3-5-8-11/h3-10H,1-2H3. The van der Waals surface area contributed by atoms with Crippen LogP contribution in [0, 0.1) is 0 Å². The Balaban J connectivity index is 2.50. The van der Waals surface area contributed by atoms with Crippen molar-refractivity contribution in [3.8, 4) is 0 Å². The number of nitrogens with zero attached hydrogens (tertiary/aromatic N) is 1. The summed E-state index contributed by atoms with van der Waals surface area (Å²) in [5.41, 5.74) is 0.867. The summed E-state index contributed by atoms with van der Waals surface area (Å²) in [7, 11) is 0.952. The van der Waals surface area contributed by atoms with E-state index in [4.69, 9.17) is 16.3 Å². The maximum absolute atomic E-state index is 11.8. The number of hydrogen-bond acceptors (Lipinski definition) is 3. The Hall–Kier alpha value is -1.65. The molecule has 104 valence electrons. The third kappa shape index (κ3) is 3.26. The molecule has 5 heteroatoms. The fourth-order valence-corrected chi connectivity index (χ4v) is 3.08. The molecule has 1 unspecified atom stereocenters. The smallest absolute Gasteiger partial charge is 0.340 e. The molecule has 0 spiro atoms. The first kappa shape index (κ1) is 14.8. The van der Waals surface area contributed by atoms with Crippen LogP contribution >= 0.6 is 11.6 Å². The third-order valence-electron chi connectivity index (χ3n) is 2.70. The molecule has 2 rings (SSSR count). The van der Waals surface area contributed by atoms with Crippen molar-refractivity contribution < 1.29 is 9.53 Å². The van der Waals surface area contributed by atoms with Gasteiger partial charge in [-0.05, 0) is 30.5 Å². The molecule has 0 radical (unpaired) electrons. The number of esters is 1. The highest BCUT2D eigenvalue weighted by Crippen LogP contribution is 2.31. The minimum atomic E-state index is -0.434. The van der Waals surface area contributed by atoms with Gasteiger partial charge in [0, 0.05) is 4.90 Å². The highest BCUT2D eigenvalue weighted by Gasteiger charge is 2.14. The van der Waals surface area contributed by atoms with Crippen LogP contribution in [0.2, 0.25) is 5.02 Å². The van der Waals surface area contributed by atoms with Crippen LogP contribution in [0.5, 0.6) is 0 Å². The molecular formula is C15H14ClNO2S. The van der Waals surface area contributed by atoms with Gasteiger partial charge in [-0.2, -0.15) is 0 Å². The normalized spacial score (nSPS) is 12.2. The Morgan fingerprint density at radius 1 is 1.15 bits per heavy atom. The molecule has 0 aromatic heterocycles. The molecule has 0 aliphatic heterocycles. The Morgan fingerprint density at radius 2 is 1.85 bits per heavy atom. The summed E-state index contributed by atoms with van der Waals surface area (Å²) >= 11 is 6.16. The molecule has 0 fully saturated rings. The second-order valence-electron chi connectivity index (χ2n) is 4.01. The molecule has 3 nitrogen and oxygen atoms in total. The molecular weight excluding hydrogens is 294 g/mol. The van der Waals surface area contributed by atoms with Gasteiger partial charge in [0.05, 0.1) is 17.7 Å². The fourth-order valence-electron chi connectivity index (χ4n) is 1.69. The molecule has 0 aliphatic rings. The number of hydrogen-bond donors (Lipinski definition) is 0.